The molecule has 0 aliphatic heterocycles. The summed E-state index contributed by atoms with van der Waals surface area (Å²) in [5.74, 6) is -1.17. The monoisotopic (exact) mass is 233 g/mol. The largest absolute Gasteiger partial charge is 0.478 e. The van der Waals surface area contributed by atoms with E-state index in [4.69, 9.17) is 9.84 Å². The van der Waals surface area contributed by atoms with Gasteiger partial charge in [0, 0.05) is 23.9 Å². The standard InChI is InChI=1S/C12H11NO4/c1-2-17-10-5-3-4-9(8-10)13-11(14)6-7-12(15)16/h2-8H,1H2,(H,13,14)(H,15,16)/b7-6+. The molecule has 0 saturated heterocycles. The van der Waals surface area contributed by atoms with Gasteiger partial charge in [0.05, 0.1) is 6.26 Å². The summed E-state index contributed by atoms with van der Waals surface area (Å²) in [5, 5.41) is 10.8. The predicted octanol–water partition coefficient (Wildman–Crippen LogP) is 1.79. The molecule has 0 spiro atoms. The average Bonchev–Trinajstić information content (AvgIpc) is 2.27. The zero-order chi connectivity index (χ0) is 12.7. The number of rotatable bonds is 5. The Bertz CT molecular complexity index is 465. The number of hydrogen-bond donors (Lipinski definition) is 2. The second-order valence-corrected chi connectivity index (χ2v) is 2.97. The molecule has 2 N–H and O–H groups in total. The second kappa shape index (κ2) is 6.12. The van der Waals surface area contributed by atoms with Gasteiger partial charge in [0.1, 0.15) is 5.75 Å². The molecule has 1 amide bonds. The molecule has 0 bridgehead atoms. The summed E-state index contributed by atoms with van der Waals surface area (Å²) in [7, 11) is 0. The lowest BCUT2D eigenvalue weighted by Crippen LogP contribution is -2.08. The minimum absolute atomic E-state index is 0.504. The Hall–Kier alpha value is -2.56. The molecule has 0 aliphatic carbocycles. The van der Waals surface area contributed by atoms with Gasteiger partial charge in [-0.05, 0) is 12.1 Å². The van der Waals surface area contributed by atoms with E-state index in [0.29, 0.717) is 11.4 Å². The van der Waals surface area contributed by atoms with Crippen LogP contribution in [-0.4, -0.2) is 17.0 Å². The maximum Gasteiger partial charge on any atom is 0.328 e. The number of ether oxygens (including phenoxy) is 1. The van der Waals surface area contributed by atoms with E-state index in [9.17, 15) is 9.59 Å². The fourth-order valence-corrected chi connectivity index (χ4v) is 1.07. The number of benzene rings is 1. The Kier molecular flexibility index (Phi) is 4.50. The maximum absolute atomic E-state index is 11.3. The van der Waals surface area contributed by atoms with E-state index >= 15 is 0 Å². The highest BCUT2D eigenvalue weighted by Crippen LogP contribution is 2.17. The second-order valence-electron chi connectivity index (χ2n) is 2.97. The summed E-state index contributed by atoms with van der Waals surface area (Å²) >= 11 is 0. The summed E-state index contributed by atoms with van der Waals surface area (Å²) in [6.45, 7) is 3.41. The van der Waals surface area contributed by atoms with Crippen molar-refractivity contribution in [3.8, 4) is 5.75 Å². The number of hydrogen-bond acceptors (Lipinski definition) is 3. The third-order valence-electron chi connectivity index (χ3n) is 1.70. The molecule has 0 atom stereocenters. The van der Waals surface area contributed by atoms with Crippen LogP contribution in [0.4, 0.5) is 5.69 Å². The summed E-state index contributed by atoms with van der Waals surface area (Å²) in [6.07, 6.45) is 2.97. The van der Waals surface area contributed by atoms with Gasteiger partial charge in [-0.2, -0.15) is 0 Å². The van der Waals surface area contributed by atoms with Crippen molar-refractivity contribution in [3.05, 3.63) is 49.3 Å². The lowest BCUT2D eigenvalue weighted by atomic mass is 10.3. The van der Waals surface area contributed by atoms with Crippen molar-refractivity contribution in [1.82, 2.24) is 0 Å². The number of anilines is 1. The molecule has 0 aliphatic rings. The van der Waals surface area contributed by atoms with Crippen LogP contribution in [-0.2, 0) is 9.59 Å². The molecule has 0 fully saturated rings. The molecule has 0 saturated carbocycles. The first-order chi connectivity index (χ1) is 8.11. The minimum atomic E-state index is -1.18. The third-order valence-corrected chi connectivity index (χ3v) is 1.70. The third kappa shape index (κ3) is 4.65. The van der Waals surface area contributed by atoms with Crippen LogP contribution in [0.1, 0.15) is 0 Å². The molecule has 5 nitrogen and oxygen atoms in total. The topological polar surface area (TPSA) is 75.6 Å². The molecule has 0 unspecified atom stereocenters. The number of carboxylic acids is 1. The molecule has 1 aromatic carbocycles. The van der Waals surface area contributed by atoms with Crippen molar-refractivity contribution in [2.45, 2.75) is 0 Å². The smallest absolute Gasteiger partial charge is 0.328 e. The molecule has 88 valence electrons. The van der Waals surface area contributed by atoms with Crippen LogP contribution in [0.25, 0.3) is 0 Å². The number of carbonyl (C=O) groups excluding carboxylic acids is 1. The Morgan fingerprint density at radius 3 is 2.76 bits per heavy atom. The van der Waals surface area contributed by atoms with Gasteiger partial charge in [0.15, 0.2) is 0 Å². The number of aliphatic carboxylic acids is 1. The van der Waals surface area contributed by atoms with Gasteiger partial charge < -0.3 is 15.2 Å². The van der Waals surface area contributed by atoms with Gasteiger partial charge in [0.2, 0.25) is 5.91 Å². The van der Waals surface area contributed by atoms with Crippen molar-refractivity contribution in [2.24, 2.45) is 0 Å². The molecule has 5 heteroatoms. The summed E-state index contributed by atoms with van der Waals surface area (Å²) in [5.41, 5.74) is 0.504. The van der Waals surface area contributed by atoms with Crippen LogP contribution in [0.3, 0.4) is 0 Å². The van der Waals surface area contributed by atoms with Crippen LogP contribution in [0.2, 0.25) is 0 Å². The van der Waals surface area contributed by atoms with Gasteiger partial charge in [0.25, 0.3) is 0 Å². The zero-order valence-corrected chi connectivity index (χ0v) is 8.92. The molecule has 0 aromatic heterocycles. The first-order valence-electron chi connectivity index (χ1n) is 4.71. The van der Waals surface area contributed by atoms with E-state index in [2.05, 4.69) is 11.9 Å². The van der Waals surface area contributed by atoms with Crippen LogP contribution in [0.15, 0.2) is 49.3 Å². The number of nitrogens with one attached hydrogen (secondary N) is 1. The van der Waals surface area contributed by atoms with E-state index in [0.717, 1.165) is 12.2 Å². The van der Waals surface area contributed by atoms with Crippen molar-refractivity contribution < 1.29 is 19.4 Å². The Morgan fingerprint density at radius 1 is 1.35 bits per heavy atom. The fourth-order valence-electron chi connectivity index (χ4n) is 1.07. The van der Waals surface area contributed by atoms with Gasteiger partial charge >= 0.3 is 5.97 Å². The lowest BCUT2D eigenvalue weighted by Gasteiger charge is -2.04. The highest BCUT2D eigenvalue weighted by molar-refractivity contribution is 6.02. The maximum atomic E-state index is 11.3. The molecule has 17 heavy (non-hydrogen) atoms. The first-order valence-corrected chi connectivity index (χ1v) is 4.71. The van der Waals surface area contributed by atoms with E-state index in [1.54, 1.807) is 24.3 Å². The van der Waals surface area contributed by atoms with Gasteiger partial charge in [-0.1, -0.05) is 12.6 Å². The van der Waals surface area contributed by atoms with Crippen molar-refractivity contribution in [3.63, 3.8) is 0 Å². The zero-order valence-electron chi connectivity index (χ0n) is 8.92. The Morgan fingerprint density at radius 2 is 2.12 bits per heavy atom. The predicted molar refractivity (Wildman–Crippen MR) is 62.7 cm³/mol. The van der Waals surface area contributed by atoms with Crippen LogP contribution in [0, 0.1) is 0 Å². The van der Waals surface area contributed by atoms with Crippen molar-refractivity contribution in [1.29, 1.82) is 0 Å². The van der Waals surface area contributed by atoms with Crippen molar-refractivity contribution >= 4 is 17.6 Å². The fraction of sp³-hybridized carbons (Fsp3) is 0. The average molecular weight is 233 g/mol. The van der Waals surface area contributed by atoms with Crippen molar-refractivity contribution in [2.75, 3.05) is 5.32 Å². The molecule has 1 aromatic rings. The van der Waals surface area contributed by atoms with Crippen LogP contribution >= 0.6 is 0 Å². The van der Waals surface area contributed by atoms with E-state index in [-0.39, 0.29) is 0 Å². The minimum Gasteiger partial charge on any atom is -0.478 e. The summed E-state index contributed by atoms with van der Waals surface area (Å²) < 4.78 is 5.03. The Labute approximate surface area is 98.0 Å². The number of carboxylic acid groups (broad SMARTS) is 1. The normalized spacial score (nSPS) is 9.88. The molecule has 0 heterocycles. The number of amides is 1. The lowest BCUT2D eigenvalue weighted by molar-refractivity contribution is -0.131. The highest BCUT2D eigenvalue weighted by Gasteiger charge is 2.00. The molecular weight excluding hydrogens is 222 g/mol. The molecule has 0 radical (unpaired) electrons. The Balaban J connectivity index is 2.68. The quantitative estimate of drug-likeness (QED) is 0.600. The van der Waals surface area contributed by atoms with E-state index in [1.807, 2.05) is 0 Å². The SMILES string of the molecule is C=COc1cccc(NC(=O)/C=C/C(=O)O)c1. The summed E-state index contributed by atoms with van der Waals surface area (Å²) in [6, 6.07) is 6.64. The molecular formula is C12H11NO4. The number of carbonyl (C=O) groups is 2. The first kappa shape index (κ1) is 12.5. The van der Waals surface area contributed by atoms with Gasteiger partial charge in [-0.15, -0.1) is 0 Å². The van der Waals surface area contributed by atoms with Gasteiger partial charge in [-0.3, -0.25) is 4.79 Å². The summed E-state index contributed by atoms with van der Waals surface area (Å²) in [4.78, 5) is 21.5. The van der Waals surface area contributed by atoms with Gasteiger partial charge in [-0.25, -0.2) is 4.79 Å². The van der Waals surface area contributed by atoms with E-state index < -0.39 is 11.9 Å². The highest BCUT2D eigenvalue weighted by atomic mass is 16.5. The van der Waals surface area contributed by atoms with Crippen LogP contribution in [0.5, 0.6) is 5.75 Å². The van der Waals surface area contributed by atoms with E-state index in [1.165, 1.54) is 6.26 Å². The molecule has 1 rings (SSSR count). The van der Waals surface area contributed by atoms with Crippen LogP contribution < -0.4 is 10.1 Å².